The van der Waals surface area contributed by atoms with Gasteiger partial charge in [-0.25, -0.2) is 4.98 Å². The number of carbonyl (C=O) groups is 1. The lowest BCUT2D eigenvalue weighted by molar-refractivity contribution is -0.119. The summed E-state index contributed by atoms with van der Waals surface area (Å²) in [5.41, 5.74) is 1.59. The number of benzene rings is 1. The number of amides is 1. The number of para-hydroxylation sites is 2. The molecule has 5 nitrogen and oxygen atoms in total. The average molecular weight is 333 g/mol. The standard InChI is InChI=1S/C17H23N3O2S/c1-2-9-20-10-7-13(8-11-20)18-16(21)12-23-17-19-14-5-3-4-6-15(14)22-17/h3-6,13H,2,7-12H2,1H3,(H,18,21). The number of rotatable bonds is 6. The van der Waals surface area contributed by atoms with E-state index < -0.39 is 0 Å². The van der Waals surface area contributed by atoms with Gasteiger partial charge in [0.05, 0.1) is 5.75 Å². The second kappa shape index (κ2) is 7.84. The molecule has 0 spiro atoms. The first-order valence-electron chi connectivity index (χ1n) is 8.24. The SMILES string of the molecule is CCCN1CCC(NC(=O)CSc2nc3ccccc3o2)CC1. The molecule has 1 saturated heterocycles. The number of hydrogen-bond donors (Lipinski definition) is 1. The first kappa shape index (κ1) is 16.3. The Bertz CT molecular complexity index is 617. The number of thioether (sulfide) groups is 1. The van der Waals surface area contributed by atoms with Crippen LogP contribution in [-0.2, 0) is 4.79 Å². The van der Waals surface area contributed by atoms with Crippen LogP contribution in [0.4, 0.5) is 0 Å². The summed E-state index contributed by atoms with van der Waals surface area (Å²) in [7, 11) is 0. The summed E-state index contributed by atoms with van der Waals surface area (Å²) in [6.45, 7) is 5.53. The molecule has 0 saturated carbocycles. The summed E-state index contributed by atoms with van der Waals surface area (Å²) in [5.74, 6) is 0.410. The van der Waals surface area contributed by atoms with E-state index in [1.165, 1.54) is 18.2 Å². The number of hydrogen-bond acceptors (Lipinski definition) is 5. The smallest absolute Gasteiger partial charge is 0.257 e. The van der Waals surface area contributed by atoms with Gasteiger partial charge in [0.15, 0.2) is 5.58 Å². The van der Waals surface area contributed by atoms with Crippen LogP contribution in [0.2, 0.25) is 0 Å². The van der Waals surface area contributed by atoms with Crippen molar-refractivity contribution in [3.63, 3.8) is 0 Å². The Hall–Kier alpha value is -1.53. The van der Waals surface area contributed by atoms with Gasteiger partial charge in [-0.1, -0.05) is 30.8 Å². The Labute approximate surface area is 140 Å². The Kier molecular flexibility index (Phi) is 5.56. The molecule has 1 aliphatic heterocycles. The molecule has 1 N–H and O–H groups in total. The molecule has 0 unspecified atom stereocenters. The van der Waals surface area contributed by atoms with Crippen molar-refractivity contribution in [2.75, 3.05) is 25.4 Å². The quantitative estimate of drug-likeness (QED) is 0.824. The minimum absolute atomic E-state index is 0.0613. The van der Waals surface area contributed by atoms with Gasteiger partial charge in [-0.05, 0) is 37.9 Å². The third-order valence-corrected chi connectivity index (χ3v) is 4.92. The Morgan fingerprint density at radius 3 is 2.91 bits per heavy atom. The molecule has 6 heteroatoms. The van der Waals surface area contributed by atoms with Crippen molar-refractivity contribution in [1.82, 2.24) is 15.2 Å². The van der Waals surface area contributed by atoms with Gasteiger partial charge in [0, 0.05) is 19.1 Å². The van der Waals surface area contributed by atoms with Gasteiger partial charge in [-0.2, -0.15) is 0 Å². The van der Waals surface area contributed by atoms with Crippen molar-refractivity contribution in [2.45, 2.75) is 37.5 Å². The van der Waals surface area contributed by atoms with Crippen molar-refractivity contribution in [1.29, 1.82) is 0 Å². The third kappa shape index (κ3) is 4.48. The predicted octanol–water partition coefficient (Wildman–Crippen LogP) is 2.91. The van der Waals surface area contributed by atoms with Crippen LogP contribution in [-0.4, -0.2) is 47.2 Å². The highest BCUT2D eigenvalue weighted by Gasteiger charge is 2.20. The molecular weight excluding hydrogens is 310 g/mol. The zero-order chi connectivity index (χ0) is 16.1. The fraction of sp³-hybridized carbons (Fsp3) is 0.529. The molecule has 23 heavy (non-hydrogen) atoms. The molecule has 0 bridgehead atoms. The third-order valence-electron chi connectivity index (χ3n) is 4.09. The zero-order valence-electron chi connectivity index (χ0n) is 13.5. The van der Waals surface area contributed by atoms with Crippen molar-refractivity contribution in [3.05, 3.63) is 24.3 Å². The molecule has 2 aromatic rings. The summed E-state index contributed by atoms with van der Waals surface area (Å²) in [6, 6.07) is 7.94. The topological polar surface area (TPSA) is 58.4 Å². The van der Waals surface area contributed by atoms with E-state index >= 15 is 0 Å². The molecule has 1 aromatic heterocycles. The van der Waals surface area contributed by atoms with Crippen molar-refractivity contribution in [3.8, 4) is 0 Å². The number of aromatic nitrogens is 1. The Balaban J connectivity index is 1.43. The second-order valence-electron chi connectivity index (χ2n) is 5.92. The van der Waals surface area contributed by atoms with E-state index in [0.717, 1.165) is 43.6 Å². The van der Waals surface area contributed by atoms with Crippen LogP contribution >= 0.6 is 11.8 Å². The van der Waals surface area contributed by atoms with E-state index in [9.17, 15) is 4.79 Å². The maximum absolute atomic E-state index is 12.1. The number of nitrogens with zero attached hydrogens (tertiary/aromatic N) is 2. The lowest BCUT2D eigenvalue weighted by Crippen LogP contribution is -2.45. The maximum Gasteiger partial charge on any atom is 0.257 e. The van der Waals surface area contributed by atoms with Gasteiger partial charge < -0.3 is 14.6 Å². The van der Waals surface area contributed by atoms with E-state index in [4.69, 9.17) is 4.42 Å². The summed E-state index contributed by atoms with van der Waals surface area (Å²) in [4.78, 5) is 18.9. The molecule has 1 fully saturated rings. The molecule has 1 amide bonds. The van der Waals surface area contributed by atoms with Gasteiger partial charge >= 0.3 is 0 Å². The maximum atomic E-state index is 12.1. The number of carbonyl (C=O) groups excluding carboxylic acids is 1. The minimum atomic E-state index is 0.0613. The van der Waals surface area contributed by atoms with Crippen molar-refractivity contribution in [2.24, 2.45) is 0 Å². The van der Waals surface area contributed by atoms with Crippen LogP contribution in [0.15, 0.2) is 33.9 Å². The van der Waals surface area contributed by atoms with Crippen LogP contribution in [0.25, 0.3) is 11.1 Å². The monoisotopic (exact) mass is 333 g/mol. The Morgan fingerprint density at radius 1 is 1.39 bits per heavy atom. The second-order valence-corrected chi connectivity index (χ2v) is 6.85. The van der Waals surface area contributed by atoms with Gasteiger partial charge in [-0.3, -0.25) is 4.79 Å². The first-order chi connectivity index (χ1) is 11.2. The van der Waals surface area contributed by atoms with Crippen LogP contribution in [0, 0.1) is 0 Å². The van der Waals surface area contributed by atoms with E-state index in [0.29, 0.717) is 17.0 Å². The van der Waals surface area contributed by atoms with Gasteiger partial charge in [0.2, 0.25) is 5.91 Å². The van der Waals surface area contributed by atoms with E-state index in [1.807, 2.05) is 24.3 Å². The lowest BCUT2D eigenvalue weighted by Gasteiger charge is -2.32. The van der Waals surface area contributed by atoms with Gasteiger partial charge in [0.25, 0.3) is 5.22 Å². The minimum Gasteiger partial charge on any atom is -0.431 e. The molecular formula is C17H23N3O2S. The number of fused-ring (bicyclic) bond motifs is 1. The first-order valence-corrected chi connectivity index (χ1v) is 9.23. The number of piperidine rings is 1. The van der Waals surface area contributed by atoms with Gasteiger partial charge in [-0.15, -0.1) is 0 Å². The molecule has 0 aliphatic carbocycles. The van der Waals surface area contributed by atoms with Crippen LogP contribution in [0.3, 0.4) is 0 Å². The summed E-state index contributed by atoms with van der Waals surface area (Å²) in [6.07, 6.45) is 3.27. The van der Waals surface area contributed by atoms with Crippen molar-refractivity contribution < 1.29 is 9.21 Å². The molecule has 3 rings (SSSR count). The number of nitrogens with one attached hydrogen (secondary N) is 1. The van der Waals surface area contributed by atoms with E-state index in [2.05, 4.69) is 22.1 Å². The fourth-order valence-electron chi connectivity index (χ4n) is 2.93. The lowest BCUT2D eigenvalue weighted by atomic mass is 10.1. The average Bonchev–Trinajstić information content (AvgIpc) is 2.98. The molecule has 0 atom stereocenters. The molecule has 1 aromatic carbocycles. The molecule has 1 aliphatic rings. The summed E-state index contributed by atoms with van der Waals surface area (Å²) < 4.78 is 5.61. The predicted molar refractivity (Wildman–Crippen MR) is 92.6 cm³/mol. The van der Waals surface area contributed by atoms with E-state index in [1.54, 1.807) is 0 Å². The van der Waals surface area contributed by atoms with Crippen LogP contribution in [0.5, 0.6) is 0 Å². The molecule has 2 heterocycles. The highest BCUT2D eigenvalue weighted by Crippen LogP contribution is 2.23. The largest absolute Gasteiger partial charge is 0.431 e. The molecule has 0 radical (unpaired) electrons. The highest BCUT2D eigenvalue weighted by atomic mass is 32.2. The van der Waals surface area contributed by atoms with Crippen LogP contribution < -0.4 is 5.32 Å². The Morgan fingerprint density at radius 2 is 2.17 bits per heavy atom. The summed E-state index contributed by atoms with van der Waals surface area (Å²) in [5, 5.41) is 3.68. The van der Waals surface area contributed by atoms with Gasteiger partial charge in [0.1, 0.15) is 5.52 Å². The molecule has 124 valence electrons. The zero-order valence-corrected chi connectivity index (χ0v) is 14.3. The normalized spacial score (nSPS) is 16.7. The van der Waals surface area contributed by atoms with Crippen LogP contribution in [0.1, 0.15) is 26.2 Å². The van der Waals surface area contributed by atoms with Crippen molar-refractivity contribution >= 4 is 28.8 Å². The summed E-state index contributed by atoms with van der Waals surface area (Å²) >= 11 is 1.35. The highest BCUT2D eigenvalue weighted by molar-refractivity contribution is 7.99. The fourth-order valence-corrected chi connectivity index (χ4v) is 3.58. The number of likely N-dealkylation sites (tertiary alicyclic amines) is 1. The number of oxazole rings is 1. The van der Waals surface area contributed by atoms with E-state index in [-0.39, 0.29) is 5.91 Å².